The van der Waals surface area contributed by atoms with Crippen LogP contribution in [0.3, 0.4) is 0 Å². The molecule has 75 heavy (non-hydrogen) atoms. The largest absolute Gasteiger partial charge is 0.489 e. The summed E-state index contributed by atoms with van der Waals surface area (Å²) in [4.78, 5) is 123. The van der Waals surface area contributed by atoms with E-state index in [0.29, 0.717) is 11.1 Å². The SMILES string of the molecule is CC(=O)OCOC(=O)CN(CCOCCOc1cc(C2=C3C=C(F)C(=O)C=C3C(C)(C)c3cc(OCOC(C)=O)c(F)cc32)ccc1N(CC(=O)OCOC(C)=O)CC(=O)OCOC(C)=O)CC(=O)OCOC(C)=O. The van der Waals surface area contributed by atoms with E-state index in [1.165, 1.54) is 29.2 Å². The van der Waals surface area contributed by atoms with E-state index < -0.39 is 137 Å². The molecule has 2 aromatic rings. The van der Waals surface area contributed by atoms with Gasteiger partial charge < -0.3 is 61.7 Å². The van der Waals surface area contributed by atoms with E-state index in [1.54, 1.807) is 13.8 Å². The van der Waals surface area contributed by atoms with E-state index in [9.17, 15) is 47.9 Å². The average Bonchev–Trinajstić information content (AvgIpc) is 3.30. The highest BCUT2D eigenvalue weighted by Gasteiger charge is 2.41. The lowest BCUT2D eigenvalue weighted by Crippen LogP contribution is -2.38. The number of carbonyl (C=O) groups is 10. The summed E-state index contributed by atoms with van der Waals surface area (Å²) < 4.78 is 92.2. The molecule has 2 aromatic carbocycles. The van der Waals surface area contributed by atoms with Gasteiger partial charge in [0.1, 0.15) is 25.4 Å². The summed E-state index contributed by atoms with van der Waals surface area (Å²) in [6.07, 6.45) is 2.12. The van der Waals surface area contributed by atoms with E-state index >= 15 is 8.78 Å². The fourth-order valence-electron chi connectivity index (χ4n) is 7.01. The molecule has 0 saturated carbocycles. The summed E-state index contributed by atoms with van der Waals surface area (Å²) >= 11 is 0. The zero-order valence-corrected chi connectivity index (χ0v) is 41.9. The fraction of sp³-hybridized carbons (Fsp3) is 0.429. The van der Waals surface area contributed by atoms with Crippen molar-refractivity contribution >= 4 is 70.8 Å². The van der Waals surface area contributed by atoms with Crippen molar-refractivity contribution in [1.29, 1.82) is 0 Å². The van der Waals surface area contributed by atoms with Crippen LogP contribution in [0.25, 0.3) is 5.57 Å². The Hall–Kier alpha value is -8.26. The number of hydrogen-bond donors (Lipinski definition) is 0. The maximum absolute atomic E-state index is 16.0. The van der Waals surface area contributed by atoms with Crippen LogP contribution >= 0.6 is 0 Å². The number of fused-ring (bicyclic) bond motifs is 2. The predicted octanol–water partition coefficient (Wildman–Crippen LogP) is 2.94. The minimum absolute atomic E-state index is 0.00278. The first-order valence-electron chi connectivity index (χ1n) is 22.4. The number of nitrogens with zero attached hydrogens (tertiary/aromatic N) is 2. The van der Waals surface area contributed by atoms with Crippen molar-refractivity contribution in [2.24, 2.45) is 0 Å². The molecule has 0 spiro atoms. The topological polar surface area (TPSA) is 288 Å². The van der Waals surface area contributed by atoms with Gasteiger partial charge in [-0.25, -0.2) is 8.78 Å². The Bertz CT molecular complexity index is 2560. The van der Waals surface area contributed by atoms with Crippen LogP contribution in [0, 0.1) is 5.82 Å². The molecule has 26 heteroatoms. The minimum atomic E-state index is -1.13. The van der Waals surface area contributed by atoms with Crippen molar-refractivity contribution in [3.05, 3.63) is 82.0 Å². The second-order valence-electron chi connectivity index (χ2n) is 16.3. The first-order chi connectivity index (χ1) is 35.5. The molecular formula is C49H54F2N2O22. The maximum atomic E-state index is 16.0. The molecular weight excluding hydrogens is 1010 g/mol. The third kappa shape index (κ3) is 18.6. The molecule has 0 unspecified atom stereocenters. The number of ether oxygens (including phenoxy) is 12. The Kier molecular flexibility index (Phi) is 22.3. The van der Waals surface area contributed by atoms with Crippen LogP contribution in [0.15, 0.2) is 59.5 Å². The zero-order valence-electron chi connectivity index (χ0n) is 41.9. The molecule has 2 aliphatic rings. The second kappa shape index (κ2) is 28.3. The fourth-order valence-corrected chi connectivity index (χ4v) is 7.01. The number of rotatable bonds is 28. The van der Waals surface area contributed by atoms with Gasteiger partial charge in [0, 0.05) is 46.6 Å². The molecule has 0 amide bonds. The summed E-state index contributed by atoms with van der Waals surface area (Å²) in [5.74, 6) is -10.9. The standard InChI is InChI=1S/C49H54F2N2O22/c1-28(54)66-23-71-42-18-37-35(16-39(42)51)48(34-15-38(50)41(59)17-36(34)49(37,6)7)33-8-9-40(53(21-46(62)74-26-69-31(4)57)22-47(63)75-27-70-32(5)58)43(14-33)65-13-12-64-11-10-52(19-44(60)72-24-67-29(2)55)20-45(61)73-25-68-30(3)56/h8-9,14-18H,10-13,19-27H2,1-7H3. The summed E-state index contributed by atoms with van der Waals surface area (Å²) in [6, 6.07) is 6.75. The number of ketones is 1. The quantitative estimate of drug-likeness (QED) is 0.0512. The Morgan fingerprint density at radius 2 is 1.04 bits per heavy atom. The number of benzene rings is 2. The van der Waals surface area contributed by atoms with E-state index in [-0.39, 0.29) is 65.8 Å². The Labute approximate surface area is 427 Å². The van der Waals surface area contributed by atoms with Crippen molar-refractivity contribution < 1.29 is 114 Å². The Morgan fingerprint density at radius 3 is 1.55 bits per heavy atom. The predicted molar refractivity (Wildman–Crippen MR) is 247 cm³/mol. The highest BCUT2D eigenvalue weighted by atomic mass is 19.1. The third-order valence-corrected chi connectivity index (χ3v) is 10.4. The van der Waals surface area contributed by atoms with Gasteiger partial charge in [-0.3, -0.25) is 52.8 Å². The van der Waals surface area contributed by atoms with Gasteiger partial charge in [-0.15, -0.1) is 0 Å². The molecule has 0 N–H and O–H groups in total. The smallest absolute Gasteiger partial charge is 0.328 e. The lowest BCUT2D eigenvalue weighted by atomic mass is 9.64. The molecule has 0 bridgehead atoms. The van der Waals surface area contributed by atoms with E-state index in [4.69, 9.17) is 47.4 Å². The van der Waals surface area contributed by atoms with Gasteiger partial charge in [0.25, 0.3) is 0 Å². The van der Waals surface area contributed by atoms with Gasteiger partial charge >= 0.3 is 53.7 Å². The van der Waals surface area contributed by atoms with Crippen molar-refractivity contribution in [3.8, 4) is 11.5 Å². The number of carbonyl (C=O) groups excluding carboxylic acids is 10. The normalized spacial score (nSPS) is 13.1. The summed E-state index contributed by atoms with van der Waals surface area (Å²) in [6.45, 7) is 1.99. The maximum Gasteiger partial charge on any atom is 0.328 e. The van der Waals surface area contributed by atoms with Crippen LogP contribution in [0.2, 0.25) is 0 Å². The van der Waals surface area contributed by atoms with Crippen molar-refractivity contribution in [2.75, 3.05) is 91.4 Å². The Morgan fingerprint density at radius 1 is 0.547 bits per heavy atom. The average molecular weight is 1060 g/mol. The lowest BCUT2D eigenvalue weighted by molar-refractivity contribution is -0.170. The van der Waals surface area contributed by atoms with Crippen LogP contribution in [0.4, 0.5) is 14.5 Å². The highest BCUT2D eigenvalue weighted by Crippen LogP contribution is 2.52. The van der Waals surface area contributed by atoms with Crippen LogP contribution in [-0.2, 0) is 101 Å². The van der Waals surface area contributed by atoms with Crippen molar-refractivity contribution in [1.82, 2.24) is 4.90 Å². The lowest BCUT2D eigenvalue weighted by Gasteiger charge is -2.39. The molecule has 406 valence electrons. The molecule has 0 saturated heterocycles. The van der Waals surface area contributed by atoms with E-state index in [1.807, 2.05) is 0 Å². The van der Waals surface area contributed by atoms with Crippen molar-refractivity contribution in [3.63, 3.8) is 0 Å². The van der Waals surface area contributed by atoms with Crippen LogP contribution in [-0.4, -0.2) is 151 Å². The number of anilines is 1. The van der Waals surface area contributed by atoms with Crippen LogP contribution in [0.5, 0.6) is 11.5 Å². The summed E-state index contributed by atoms with van der Waals surface area (Å²) in [5.41, 5.74) is 0.391. The van der Waals surface area contributed by atoms with Crippen LogP contribution < -0.4 is 14.4 Å². The molecule has 0 aromatic heterocycles. The molecule has 2 aliphatic carbocycles. The first-order valence-corrected chi connectivity index (χ1v) is 22.4. The molecule has 0 fully saturated rings. The molecule has 24 nitrogen and oxygen atoms in total. The number of allylic oxidation sites excluding steroid dienone is 5. The van der Waals surface area contributed by atoms with E-state index in [2.05, 4.69) is 9.47 Å². The number of halogens is 2. The molecule has 0 heterocycles. The molecule has 0 radical (unpaired) electrons. The third-order valence-electron chi connectivity index (χ3n) is 10.4. The minimum Gasteiger partial charge on any atom is -0.489 e. The van der Waals surface area contributed by atoms with Crippen LogP contribution in [0.1, 0.15) is 65.2 Å². The van der Waals surface area contributed by atoms with Gasteiger partial charge in [-0.1, -0.05) is 19.9 Å². The molecule has 4 rings (SSSR count). The molecule has 0 aliphatic heterocycles. The number of esters is 9. The van der Waals surface area contributed by atoms with Gasteiger partial charge in [0.05, 0.1) is 32.0 Å². The summed E-state index contributed by atoms with van der Waals surface area (Å²) in [7, 11) is 0. The van der Waals surface area contributed by atoms with Gasteiger partial charge in [0.15, 0.2) is 17.4 Å². The van der Waals surface area contributed by atoms with E-state index in [0.717, 1.165) is 57.7 Å². The van der Waals surface area contributed by atoms with Gasteiger partial charge in [-0.2, -0.15) is 0 Å². The second-order valence-corrected chi connectivity index (χ2v) is 16.3. The Balaban J connectivity index is 1.76. The highest BCUT2D eigenvalue weighted by molar-refractivity contribution is 6.08. The molecule has 0 atom stereocenters. The monoisotopic (exact) mass is 1060 g/mol. The van der Waals surface area contributed by atoms with Gasteiger partial charge in [0.2, 0.25) is 39.7 Å². The summed E-state index contributed by atoms with van der Waals surface area (Å²) in [5, 5.41) is 0. The first kappa shape index (κ1) is 59.3. The zero-order chi connectivity index (χ0) is 55.4. The van der Waals surface area contributed by atoms with Gasteiger partial charge in [-0.05, 0) is 69.8 Å². The van der Waals surface area contributed by atoms with Crippen molar-refractivity contribution in [2.45, 2.75) is 53.9 Å². The number of hydrogen-bond acceptors (Lipinski definition) is 24.